The first-order chi connectivity index (χ1) is 8.35. The molecule has 0 aliphatic carbocycles. The summed E-state index contributed by atoms with van der Waals surface area (Å²) in [6, 6.07) is 0. The number of nitrogens with zero attached hydrogens (tertiary/aromatic N) is 2. The largest absolute Gasteiger partial charge is 0.393 e. The SMILES string of the molecule is CCC(C)(OC)c1noc(C(C(C)C)C(C)O)n1. The molecule has 104 valence electrons. The van der Waals surface area contributed by atoms with Gasteiger partial charge in [-0.3, -0.25) is 0 Å². The molecule has 18 heavy (non-hydrogen) atoms. The highest BCUT2D eigenvalue weighted by atomic mass is 16.5. The molecular formula is C13H24N2O3. The van der Waals surface area contributed by atoms with Crippen LogP contribution < -0.4 is 0 Å². The van der Waals surface area contributed by atoms with Crippen LogP contribution in [0.2, 0.25) is 0 Å². The summed E-state index contributed by atoms with van der Waals surface area (Å²) in [6.07, 6.45) is 0.234. The number of aromatic nitrogens is 2. The van der Waals surface area contributed by atoms with Gasteiger partial charge < -0.3 is 14.4 Å². The minimum absolute atomic E-state index is 0.149. The van der Waals surface area contributed by atoms with Crippen molar-refractivity contribution in [1.82, 2.24) is 10.1 Å². The molecule has 0 aromatic carbocycles. The van der Waals surface area contributed by atoms with E-state index in [1.165, 1.54) is 0 Å². The summed E-state index contributed by atoms with van der Waals surface area (Å²) < 4.78 is 10.7. The molecule has 5 nitrogen and oxygen atoms in total. The Labute approximate surface area is 109 Å². The highest BCUT2D eigenvalue weighted by molar-refractivity contribution is 5.03. The first-order valence-electron chi connectivity index (χ1n) is 6.43. The summed E-state index contributed by atoms with van der Waals surface area (Å²) in [6.45, 7) is 9.72. The molecule has 0 fully saturated rings. The molecule has 0 aliphatic heterocycles. The Bertz CT molecular complexity index is 362. The molecule has 1 N–H and O–H groups in total. The Balaban J connectivity index is 3.05. The summed E-state index contributed by atoms with van der Waals surface area (Å²) in [5.74, 6) is 1.10. The molecule has 1 rings (SSSR count). The smallest absolute Gasteiger partial charge is 0.232 e. The lowest BCUT2D eigenvalue weighted by molar-refractivity contribution is -0.0106. The molecule has 1 aromatic heterocycles. The lowest BCUT2D eigenvalue weighted by atomic mass is 9.91. The molecule has 0 bridgehead atoms. The van der Waals surface area contributed by atoms with Gasteiger partial charge in [0.15, 0.2) is 0 Å². The number of rotatable bonds is 6. The number of hydrogen-bond acceptors (Lipinski definition) is 5. The van der Waals surface area contributed by atoms with Crippen LogP contribution in [0.25, 0.3) is 0 Å². The average Bonchev–Trinajstić information content (AvgIpc) is 2.76. The van der Waals surface area contributed by atoms with Gasteiger partial charge >= 0.3 is 0 Å². The van der Waals surface area contributed by atoms with Gasteiger partial charge in [0.25, 0.3) is 0 Å². The van der Waals surface area contributed by atoms with Gasteiger partial charge in [-0.2, -0.15) is 4.98 Å². The van der Waals surface area contributed by atoms with Crippen LogP contribution in [0.1, 0.15) is 58.7 Å². The second-order valence-electron chi connectivity index (χ2n) is 5.26. The third-order valence-electron chi connectivity index (χ3n) is 3.56. The van der Waals surface area contributed by atoms with Crippen LogP contribution in [0.5, 0.6) is 0 Å². The fraction of sp³-hybridized carbons (Fsp3) is 0.846. The van der Waals surface area contributed by atoms with E-state index in [-0.39, 0.29) is 11.8 Å². The van der Waals surface area contributed by atoms with Gasteiger partial charge in [-0.1, -0.05) is 25.9 Å². The van der Waals surface area contributed by atoms with Crippen LogP contribution in [0.3, 0.4) is 0 Å². The topological polar surface area (TPSA) is 68.4 Å². The zero-order valence-electron chi connectivity index (χ0n) is 12.1. The molecule has 0 amide bonds. The van der Waals surface area contributed by atoms with E-state index in [1.54, 1.807) is 14.0 Å². The van der Waals surface area contributed by atoms with Crippen LogP contribution >= 0.6 is 0 Å². The lowest BCUT2D eigenvalue weighted by Gasteiger charge is -2.22. The Morgan fingerprint density at radius 1 is 1.39 bits per heavy atom. The van der Waals surface area contributed by atoms with E-state index in [0.29, 0.717) is 11.7 Å². The Morgan fingerprint density at radius 3 is 2.39 bits per heavy atom. The van der Waals surface area contributed by atoms with Gasteiger partial charge in [0.2, 0.25) is 11.7 Å². The normalized spacial score (nSPS) is 18.7. The molecule has 0 saturated carbocycles. The predicted molar refractivity (Wildman–Crippen MR) is 68.2 cm³/mol. The van der Waals surface area contributed by atoms with Gasteiger partial charge in [-0.25, -0.2) is 0 Å². The van der Waals surface area contributed by atoms with E-state index in [1.807, 2.05) is 27.7 Å². The van der Waals surface area contributed by atoms with Gasteiger partial charge in [-0.05, 0) is 26.2 Å². The fourth-order valence-corrected chi connectivity index (χ4v) is 2.03. The molecule has 1 aromatic rings. The van der Waals surface area contributed by atoms with Crippen molar-refractivity contribution in [3.8, 4) is 0 Å². The van der Waals surface area contributed by atoms with Crippen molar-refractivity contribution >= 4 is 0 Å². The molecule has 0 radical (unpaired) electrons. The van der Waals surface area contributed by atoms with Crippen LogP contribution in [-0.4, -0.2) is 28.5 Å². The van der Waals surface area contributed by atoms with Gasteiger partial charge in [0, 0.05) is 7.11 Å². The second-order valence-corrected chi connectivity index (χ2v) is 5.26. The maximum absolute atomic E-state index is 9.80. The molecule has 0 aliphatic rings. The summed E-state index contributed by atoms with van der Waals surface area (Å²) in [5.41, 5.74) is -0.540. The first kappa shape index (κ1) is 15.1. The average molecular weight is 256 g/mol. The van der Waals surface area contributed by atoms with Gasteiger partial charge in [0.1, 0.15) is 5.60 Å². The molecule has 1 heterocycles. The molecular weight excluding hydrogens is 232 g/mol. The zero-order chi connectivity index (χ0) is 13.9. The van der Waals surface area contributed by atoms with E-state index >= 15 is 0 Å². The van der Waals surface area contributed by atoms with E-state index in [9.17, 15) is 5.11 Å². The Morgan fingerprint density at radius 2 is 2.00 bits per heavy atom. The molecule has 3 atom stereocenters. The number of methoxy groups -OCH3 is 1. The van der Waals surface area contributed by atoms with Crippen molar-refractivity contribution in [3.63, 3.8) is 0 Å². The van der Waals surface area contributed by atoms with Gasteiger partial charge in [-0.15, -0.1) is 0 Å². The van der Waals surface area contributed by atoms with E-state index < -0.39 is 11.7 Å². The van der Waals surface area contributed by atoms with Crippen molar-refractivity contribution in [2.45, 2.75) is 58.7 Å². The number of aliphatic hydroxyl groups excluding tert-OH is 1. The monoisotopic (exact) mass is 256 g/mol. The molecule has 3 unspecified atom stereocenters. The summed E-state index contributed by atoms with van der Waals surface area (Å²) in [4.78, 5) is 4.40. The number of ether oxygens (including phenoxy) is 1. The van der Waals surface area contributed by atoms with E-state index in [0.717, 1.165) is 6.42 Å². The van der Waals surface area contributed by atoms with Crippen molar-refractivity contribution < 1.29 is 14.4 Å². The van der Waals surface area contributed by atoms with Crippen LogP contribution in [-0.2, 0) is 10.3 Å². The maximum atomic E-state index is 9.80. The third-order valence-corrected chi connectivity index (χ3v) is 3.56. The standard InChI is InChI=1S/C13H24N2O3/c1-7-13(5,17-6)12-14-11(18-15-12)10(8(2)3)9(4)16/h8-10,16H,7H2,1-6H3. The van der Waals surface area contributed by atoms with Crippen molar-refractivity contribution in [3.05, 3.63) is 11.7 Å². The summed E-state index contributed by atoms with van der Waals surface area (Å²) >= 11 is 0. The number of hydrogen-bond donors (Lipinski definition) is 1. The van der Waals surface area contributed by atoms with E-state index in [2.05, 4.69) is 10.1 Å². The maximum Gasteiger partial charge on any atom is 0.232 e. The van der Waals surface area contributed by atoms with E-state index in [4.69, 9.17) is 9.26 Å². The van der Waals surface area contributed by atoms with Crippen LogP contribution in [0.15, 0.2) is 4.52 Å². The van der Waals surface area contributed by atoms with Crippen molar-refractivity contribution in [2.24, 2.45) is 5.92 Å². The minimum atomic E-state index is -0.540. The lowest BCUT2D eigenvalue weighted by Crippen LogP contribution is -2.25. The Kier molecular flexibility index (Phi) is 4.87. The highest BCUT2D eigenvalue weighted by Gasteiger charge is 2.33. The quantitative estimate of drug-likeness (QED) is 0.846. The predicted octanol–water partition coefficient (Wildman–Crippen LogP) is 2.46. The minimum Gasteiger partial charge on any atom is -0.393 e. The summed E-state index contributed by atoms with van der Waals surface area (Å²) in [5, 5.41) is 13.8. The second kappa shape index (κ2) is 5.80. The van der Waals surface area contributed by atoms with Crippen molar-refractivity contribution in [1.29, 1.82) is 0 Å². The highest BCUT2D eigenvalue weighted by Crippen LogP contribution is 2.30. The first-order valence-corrected chi connectivity index (χ1v) is 6.43. The zero-order valence-corrected chi connectivity index (χ0v) is 12.1. The van der Waals surface area contributed by atoms with Gasteiger partial charge in [0.05, 0.1) is 12.0 Å². The summed E-state index contributed by atoms with van der Waals surface area (Å²) in [7, 11) is 1.63. The molecule has 0 saturated heterocycles. The fourth-order valence-electron chi connectivity index (χ4n) is 2.03. The number of aliphatic hydroxyl groups is 1. The Hall–Kier alpha value is -0.940. The van der Waals surface area contributed by atoms with Crippen molar-refractivity contribution in [2.75, 3.05) is 7.11 Å². The molecule has 5 heteroatoms. The third kappa shape index (κ3) is 2.90. The van der Waals surface area contributed by atoms with Crippen LogP contribution in [0.4, 0.5) is 0 Å². The molecule has 0 spiro atoms. The van der Waals surface area contributed by atoms with Crippen LogP contribution in [0, 0.1) is 5.92 Å².